The van der Waals surface area contributed by atoms with E-state index in [2.05, 4.69) is 9.47 Å². The van der Waals surface area contributed by atoms with Gasteiger partial charge in [0.1, 0.15) is 41.0 Å². The molecule has 2 aromatic rings. The molecular weight excluding hydrogens is 386 g/mol. The van der Waals surface area contributed by atoms with Crippen LogP contribution in [0.25, 0.3) is 0 Å². The Kier molecular flexibility index (Phi) is 6.69. The summed E-state index contributed by atoms with van der Waals surface area (Å²) in [5.41, 5.74) is -1.97. The lowest BCUT2D eigenvalue weighted by Crippen LogP contribution is -2.45. The highest BCUT2D eigenvalue weighted by Crippen LogP contribution is 2.14. The van der Waals surface area contributed by atoms with Gasteiger partial charge in [0.05, 0.1) is 7.11 Å². The molecule has 0 aliphatic carbocycles. The Morgan fingerprint density at radius 1 is 0.893 bits per heavy atom. The van der Waals surface area contributed by atoms with E-state index in [-0.39, 0.29) is 0 Å². The maximum absolute atomic E-state index is 13.7. The largest absolute Gasteiger partial charge is 0.467 e. The minimum atomic E-state index is -1.68. The van der Waals surface area contributed by atoms with E-state index in [0.29, 0.717) is 0 Å². The van der Waals surface area contributed by atoms with Crippen LogP contribution in [-0.4, -0.2) is 37.6 Å². The Balaban J connectivity index is 2.15. The number of hydrogen-bond acceptors (Lipinski definition) is 5. The number of ether oxygens (including phenoxy) is 2. The first-order chi connectivity index (χ1) is 13.3. The van der Waals surface area contributed by atoms with Crippen LogP contribution in [0.15, 0.2) is 36.4 Å². The lowest BCUT2D eigenvalue weighted by Gasteiger charge is -2.17. The van der Waals surface area contributed by atoms with Gasteiger partial charge in [0.25, 0.3) is 5.91 Å². The van der Waals surface area contributed by atoms with E-state index in [0.717, 1.165) is 43.5 Å². The van der Waals surface area contributed by atoms with Crippen molar-refractivity contribution in [3.63, 3.8) is 0 Å². The van der Waals surface area contributed by atoms with E-state index in [1.807, 2.05) is 5.32 Å². The zero-order valence-corrected chi connectivity index (χ0v) is 14.3. The van der Waals surface area contributed by atoms with Crippen LogP contribution in [0.1, 0.15) is 20.7 Å². The van der Waals surface area contributed by atoms with Crippen molar-refractivity contribution in [3.05, 3.63) is 70.8 Å². The number of nitrogens with one attached hydrogen (secondary N) is 1. The van der Waals surface area contributed by atoms with E-state index >= 15 is 0 Å². The van der Waals surface area contributed by atoms with E-state index in [1.165, 1.54) is 0 Å². The molecule has 0 saturated heterocycles. The highest BCUT2D eigenvalue weighted by molar-refractivity contribution is 5.97. The Hall–Kier alpha value is -3.43. The van der Waals surface area contributed by atoms with E-state index in [4.69, 9.17) is 0 Å². The molecule has 0 aliphatic rings. The zero-order chi connectivity index (χ0) is 20.8. The Labute approximate surface area is 156 Å². The van der Waals surface area contributed by atoms with Gasteiger partial charge in [0.2, 0.25) is 0 Å². The average Bonchev–Trinajstić information content (AvgIpc) is 2.64. The molecule has 6 nitrogen and oxygen atoms in total. The molecule has 0 heterocycles. The van der Waals surface area contributed by atoms with Crippen molar-refractivity contribution in [1.29, 1.82) is 0 Å². The predicted octanol–water partition coefficient (Wildman–Crippen LogP) is 2.37. The number of rotatable bonds is 6. The molecule has 1 amide bonds. The summed E-state index contributed by atoms with van der Waals surface area (Å²) in [5.74, 6) is -8.66. The van der Waals surface area contributed by atoms with Gasteiger partial charge < -0.3 is 14.8 Å². The van der Waals surface area contributed by atoms with Crippen molar-refractivity contribution in [3.8, 4) is 0 Å². The molecule has 148 valence electrons. The smallest absolute Gasteiger partial charge is 0.344 e. The van der Waals surface area contributed by atoms with E-state index in [1.54, 1.807) is 0 Å². The Morgan fingerprint density at radius 3 is 1.82 bits per heavy atom. The number of esters is 2. The van der Waals surface area contributed by atoms with Crippen molar-refractivity contribution in [2.45, 2.75) is 6.04 Å². The predicted molar refractivity (Wildman–Crippen MR) is 86.3 cm³/mol. The lowest BCUT2D eigenvalue weighted by atomic mass is 10.1. The number of benzene rings is 2. The number of methoxy groups -OCH3 is 1. The summed E-state index contributed by atoms with van der Waals surface area (Å²) in [6, 6.07) is 3.67. The highest BCUT2D eigenvalue weighted by atomic mass is 19.1. The molecule has 0 aliphatic heterocycles. The van der Waals surface area contributed by atoms with Crippen LogP contribution in [0.2, 0.25) is 0 Å². The lowest BCUT2D eigenvalue weighted by molar-refractivity contribution is -0.143. The molecular formula is C18H13F4NO5. The topological polar surface area (TPSA) is 81.7 Å². The van der Waals surface area contributed by atoms with Gasteiger partial charge in [-0.2, -0.15) is 0 Å². The molecule has 0 spiro atoms. The van der Waals surface area contributed by atoms with E-state index < -0.39 is 64.9 Å². The summed E-state index contributed by atoms with van der Waals surface area (Å²) in [6.45, 7) is -0.902. The van der Waals surface area contributed by atoms with Crippen LogP contribution in [0.5, 0.6) is 0 Å². The van der Waals surface area contributed by atoms with Crippen molar-refractivity contribution in [2.75, 3.05) is 13.7 Å². The summed E-state index contributed by atoms with van der Waals surface area (Å²) in [6.07, 6.45) is 0. The van der Waals surface area contributed by atoms with Gasteiger partial charge in [-0.1, -0.05) is 12.1 Å². The second-order valence-corrected chi connectivity index (χ2v) is 5.34. The quantitative estimate of drug-likeness (QED) is 0.596. The van der Waals surface area contributed by atoms with Gasteiger partial charge in [0.15, 0.2) is 6.04 Å². The number of hydrogen-bond donors (Lipinski definition) is 1. The van der Waals surface area contributed by atoms with Gasteiger partial charge >= 0.3 is 11.9 Å². The third-order valence-electron chi connectivity index (χ3n) is 3.53. The fourth-order valence-corrected chi connectivity index (χ4v) is 2.18. The number of amides is 1. The van der Waals surface area contributed by atoms with Gasteiger partial charge in [-0.25, -0.2) is 27.2 Å². The minimum absolute atomic E-state index is 0.820. The summed E-state index contributed by atoms with van der Waals surface area (Å²) < 4.78 is 63.6. The fraction of sp³-hybridized carbons (Fsp3) is 0.167. The summed E-state index contributed by atoms with van der Waals surface area (Å²) >= 11 is 0. The Morgan fingerprint density at radius 2 is 1.36 bits per heavy atom. The van der Waals surface area contributed by atoms with Crippen molar-refractivity contribution in [2.24, 2.45) is 0 Å². The third kappa shape index (κ3) is 4.64. The SMILES string of the molecule is COC(=O)[C@H](COC(=O)c1c(F)cccc1F)NC(=O)c1c(F)cccc1F. The van der Waals surface area contributed by atoms with Gasteiger partial charge in [-0.15, -0.1) is 0 Å². The monoisotopic (exact) mass is 399 g/mol. The number of carbonyl (C=O) groups excluding carboxylic acids is 3. The maximum atomic E-state index is 13.7. The summed E-state index contributed by atoms with van der Waals surface area (Å²) in [5, 5.41) is 1.94. The fourth-order valence-electron chi connectivity index (χ4n) is 2.18. The molecule has 0 fully saturated rings. The molecule has 0 unspecified atom stereocenters. The van der Waals surface area contributed by atoms with Crippen molar-refractivity contribution in [1.82, 2.24) is 5.32 Å². The molecule has 0 saturated carbocycles. The molecule has 2 rings (SSSR count). The number of carbonyl (C=O) groups is 3. The zero-order valence-electron chi connectivity index (χ0n) is 14.3. The molecule has 0 radical (unpaired) electrons. The summed E-state index contributed by atoms with van der Waals surface area (Å²) in [4.78, 5) is 35.7. The van der Waals surface area contributed by atoms with Crippen LogP contribution in [0, 0.1) is 23.3 Å². The molecule has 0 bridgehead atoms. The normalized spacial score (nSPS) is 11.5. The highest BCUT2D eigenvalue weighted by Gasteiger charge is 2.28. The first-order valence-corrected chi connectivity index (χ1v) is 7.70. The maximum Gasteiger partial charge on any atom is 0.344 e. The Bertz CT molecular complexity index is 878. The van der Waals surface area contributed by atoms with Crippen LogP contribution in [0.4, 0.5) is 17.6 Å². The van der Waals surface area contributed by atoms with Gasteiger partial charge in [-0.05, 0) is 24.3 Å². The molecule has 0 aromatic heterocycles. The second-order valence-electron chi connectivity index (χ2n) is 5.34. The first-order valence-electron chi connectivity index (χ1n) is 7.70. The van der Waals surface area contributed by atoms with E-state index in [9.17, 15) is 31.9 Å². The summed E-state index contributed by atoms with van der Waals surface area (Å²) in [7, 11) is 0.948. The minimum Gasteiger partial charge on any atom is -0.467 e. The molecule has 10 heteroatoms. The average molecular weight is 399 g/mol. The van der Waals surface area contributed by atoms with Crippen molar-refractivity contribution < 1.29 is 41.4 Å². The standard InChI is InChI=1S/C18H13F4NO5/c1-27-17(25)13(23-16(24)14-9(19)4-2-5-10(14)20)8-28-18(26)15-11(21)6-3-7-12(15)22/h2-7,13H,8H2,1H3,(H,23,24)/t13-/m0/s1. The van der Waals surface area contributed by atoms with Crippen LogP contribution < -0.4 is 5.32 Å². The number of halogens is 4. The van der Waals surface area contributed by atoms with Crippen LogP contribution in [-0.2, 0) is 14.3 Å². The van der Waals surface area contributed by atoms with Crippen molar-refractivity contribution >= 4 is 17.8 Å². The van der Waals surface area contributed by atoms with Gasteiger partial charge in [0, 0.05) is 0 Å². The molecule has 28 heavy (non-hydrogen) atoms. The molecule has 1 atom stereocenters. The van der Waals surface area contributed by atoms with Crippen LogP contribution >= 0.6 is 0 Å². The van der Waals surface area contributed by atoms with Gasteiger partial charge in [-0.3, -0.25) is 4.79 Å². The third-order valence-corrected chi connectivity index (χ3v) is 3.53. The second kappa shape index (κ2) is 8.98. The van der Waals surface area contributed by atoms with Crippen LogP contribution in [0.3, 0.4) is 0 Å². The molecule has 1 N–H and O–H groups in total. The first kappa shape index (κ1) is 20.9. The molecule has 2 aromatic carbocycles.